The number of rotatable bonds is 4. The number of fused-ring (bicyclic) bond motifs is 1. The molecular formula is C27H28N2O2. The SMILES string of the molecule is c1ccc(CN2CC3CN(Cc4ccccc4)CC(C2)C32Oc3ccccc3O2)cc1. The molecule has 2 saturated heterocycles. The smallest absolute Gasteiger partial charge is 0.262 e. The molecule has 0 saturated carbocycles. The van der Waals surface area contributed by atoms with Gasteiger partial charge in [-0.25, -0.2) is 0 Å². The van der Waals surface area contributed by atoms with Gasteiger partial charge >= 0.3 is 0 Å². The molecule has 0 aromatic heterocycles. The summed E-state index contributed by atoms with van der Waals surface area (Å²) < 4.78 is 13.2. The largest absolute Gasteiger partial charge is 0.448 e. The molecule has 1 spiro atoms. The second-order valence-electron chi connectivity index (χ2n) is 9.13. The average molecular weight is 413 g/mol. The van der Waals surface area contributed by atoms with Gasteiger partial charge in [-0.1, -0.05) is 72.8 Å². The van der Waals surface area contributed by atoms with E-state index in [1.807, 2.05) is 24.3 Å². The summed E-state index contributed by atoms with van der Waals surface area (Å²) in [5.41, 5.74) is 2.74. The molecule has 0 atom stereocenters. The minimum atomic E-state index is -0.538. The zero-order chi connectivity index (χ0) is 20.7. The lowest BCUT2D eigenvalue weighted by Crippen LogP contribution is -2.70. The average Bonchev–Trinajstić information content (AvgIpc) is 3.16. The summed E-state index contributed by atoms with van der Waals surface area (Å²) in [7, 11) is 0. The Morgan fingerprint density at radius 2 is 0.968 bits per heavy atom. The fourth-order valence-corrected chi connectivity index (χ4v) is 5.61. The molecular weight excluding hydrogens is 384 g/mol. The Kier molecular flexibility index (Phi) is 4.70. The standard InChI is InChI=1S/C27H28N2O2/c1-3-9-21(10-4-1)15-28-17-23-19-29(16-22-11-5-2-6-12-22)20-24(18-28)27(23)30-25-13-7-8-14-26(25)31-27/h1-14,23-24H,15-20H2. The predicted octanol–water partition coefficient (Wildman–Crippen LogP) is 4.42. The minimum Gasteiger partial charge on any atom is -0.448 e. The highest BCUT2D eigenvalue weighted by molar-refractivity contribution is 5.43. The lowest BCUT2D eigenvalue weighted by molar-refractivity contribution is -0.230. The fourth-order valence-electron chi connectivity index (χ4n) is 5.61. The number of ether oxygens (including phenoxy) is 2. The first-order chi connectivity index (χ1) is 15.3. The van der Waals surface area contributed by atoms with E-state index in [0.717, 1.165) is 50.8 Å². The zero-order valence-corrected chi connectivity index (χ0v) is 17.7. The van der Waals surface area contributed by atoms with Gasteiger partial charge < -0.3 is 9.47 Å². The molecule has 3 aromatic rings. The molecule has 0 radical (unpaired) electrons. The monoisotopic (exact) mass is 412 g/mol. The Labute approximate surface area is 184 Å². The topological polar surface area (TPSA) is 24.9 Å². The van der Waals surface area contributed by atoms with Crippen LogP contribution < -0.4 is 9.47 Å². The molecule has 4 nitrogen and oxygen atoms in total. The van der Waals surface area contributed by atoms with Gasteiger partial charge in [0.05, 0.1) is 11.8 Å². The van der Waals surface area contributed by atoms with Crippen LogP contribution in [0.2, 0.25) is 0 Å². The minimum absolute atomic E-state index is 0.292. The van der Waals surface area contributed by atoms with Gasteiger partial charge in [0.25, 0.3) is 5.79 Å². The molecule has 3 aromatic carbocycles. The zero-order valence-electron chi connectivity index (χ0n) is 17.7. The third-order valence-corrected chi connectivity index (χ3v) is 6.94. The van der Waals surface area contributed by atoms with E-state index < -0.39 is 5.79 Å². The van der Waals surface area contributed by atoms with Crippen molar-refractivity contribution in [3.8, 4) is 11.5 Å². The summed E-state index contributed by atoms with van der Waals surface area (Å²) in [5, 5.41) is 0. The maximum atomic E-state index is 6.62. The molecule has 0 unspecified atom stereocenters. The molecule has 0 aliphatic carbocycles. The van der Waals surface area contributed by atoms with Crippen LogP contribution in [0.5, 0.6) is 11.5 Å². The van der Waals surface area contributed by atoms with E-state index in [1.165, 1.54) is 11.1 Å². The number of hydrogen-bond donors (Lipinski definition) is 0. The highest BCUT2D eigenvalue weighted by Crippen LogP contribution is 2.50. The summed E-state index contributed by atoms with van der Waals surface area (Å²) in [6.07, 6.45) is 0. The van der Waals surface area contributed by atoms with E-state index in [2.05, 4.69) is 70.5 Å². The van der Waals surface area contributed by atoms with Gasteiger partial charge in [0, 0.05) is 39.3 Å². The van der Waals surface area contributed by atoms with Crippen LogP contribution in [0.15, 0.2) is 84.9 Å². The molecule has 3 heterocycles. The number of likely N-dealkylation sites (tertiary alicyclic amines) is 2. The van der Waals surface area contributed by atoms with Crippen LogP contribution in [0, 0.1) is 11.8 Å². The van der Waals surface area contributed by atoms with Crippen LogP contribution >= 0.6 is 0 Å². The molecule has 0 amide bonds. The summed E-state index contributed by atoms with van der Waals surface area (Å²) in [6, 6.07) is 29.7. The fraction of sp³-hybridized carbons (Fsp3) is 0.333. The third kappa shape index (κ3) is 3.50. The normalized spacial score (nSPS) is 24.4. The van der Waals surface area contributed by atoms with E-state index in [0.29, 0.717) is 11.8 Å². The Morgan fingerprint density at radius 3 is 1.39 bits per heavy atom. The van der Waals surface area contributed by atoms with Gasteiger partial charge in [0.2, 0.25) is 0 Å². The maximum Gasteiger partial charge on any atom is 0.262 e. The van der Waals surface area contributed by atoms with Crippen LogP contribution in [-0.4, -0.2) is 41.8 Å². The highest BCUT2D eigenvalue weighted by Gasteiger charge is 2.60. The van der Waals surface area contributed by atoms with E-state index in [1.54, 1.807) is 0 Å². The van der Waals surface area contributed by atoms with Crippen LogP contribution in [0.3, 0.4) is 0 Å². The predicted molar refractivity (Wildman–Crippen MR) is 121 cm³/mol. The maximum absolute atomic E-state index is 6.62. The molecule has 3 aliphatic heterocycles. The van der Waals surface area contributed by atoms with E-state index >= 15 is 0 Å². The highest BCUT2D eigenvalue weighted by atomic mass is 16.7. The first-order valence-electron chi connectivity index (χ1n) is 11.3. The molecule has 158 valence electrons. The Morgan fingerprint density at radius 1 is 0.581 bits per heavy atom. The second-order valence-corrected chi connectivity index (χ2v) is 9.13. The summed E-state index contributed by atoms with van der Waals surface area (Å²) in [4.78, 5) is 5.18. The van der Waals surface area contributed by atoms with Crippen molar-refractivity contribution in [2.45, 2.75) is 18.9 Å². The van der Waals surface area contributed by atoms with E-state index in [-0.39, 0.29) is 0 Å². The summed E-state index contributed by atoms with van der Waals surface area (Å²) in [6.45, 7) is 5.87. The number of hydrogen-bond acceptors (Lipinski definition) is 4. The Balaban J connectivity index is 1.26. The number of nitrogens with zero attached hydrogens (tertiary/aromatic N) is 2. The van der Waals surface area contributed by atoms with Gasteiger partial charge in [-0.15, -0.1) is 0 Å². The first-order valence-corrected chi connectivity index (χ1v) is 11.3. The number of piperidine rings is 2. The van der Waals surface area contributed by atoms with Gasteiger partial charge in [-0.05, 0) is 23.3 Å². The first kappa shape index (κ1) is 18.9. The van der Waals surface area contributed by atoms with Crippen LogP contribution in [0.25, 0.3) is 0 Å². The Hall–Kier alpha value is -2.82. The van der Waals surface area contributed by atoms with Crippen molar-refractivity contribution in [3.63, 3.8) is 0 Å². The van der Waals surface area contributed by atoms with E-state index in [4.69, 9.17) is 9.47 Å². The molecule has 2 fully saturated rings. The summed E-state index contributed by atoms with van der Waals surface area (Å²) >= 11 is 0. The molecule has 4 heteroatoms. The van der Waals surface area contributed by atoms with Crippen molar-refractivity contribution in [3.05, 3.63) is 96.1 Å². The van der Waals surface area contributed by atoms with Crippen LogP contribution in [0.4, 0.5) is 0 Å². The number of para-hydroxylation sites is 2. The molecule has 2 bridgehead atoms. The number of benzene rings is 3. The summed E-state index contributed by atoms with van der Waals surface area (Å²) in [5.74, 6) is 1.83. The van der Waals surface area contributed by atoms with Crippen molar-refractivity contribution in [1.82, 2.24) is 9.80 Å². The quantitative estimate of drug-likeness (QED) is 0.633. The van der Waals surface area contributed by atoms with Crippen molar-refractivity contribution >= 4 is 0 Å². The van der Waals surface area contributed by atoms with Gasteiger partial charge in [0.1, 0.15) is 0 Å². The molecule has 3 aliphatic rings. The van der Waals surface area contributed by atoms with Gasteiger partial charge in [-0.2, -0.15) is 0 Å². The lowest BCUT2D eigenvalue weighted by Gasteiger charge is -2.54. The van der Waals surface area contributed by atoms with Crippen molar-refractivity contribution < 1.29 is 9.47 Å². The molecule has 31 heavy (non-hydrogen) atoms. The third-order valence-electron chi connectivity index (χ3n) is 6.94. The van der Waals surface area contributed by atoms with Crippen molar-refractivity contribution in [1.29, 1.82) is 0 Å². The molecule has 6 rings (SSSR count). The van der Waals surface area contributed by atoms with Gasteiger partial charge in [-0.3, -0.25) is 9.80 Å². The van der Waals surface area contributed by atoms with Crippen molar-refractivity contribution in [2.24, 2.45) is 11.8 Å². The van der Waals surface area contributed by atoms with Crippen LogP contribution in [0.1, 0.15) is 11.1 Å². The van der Waals surface area contributed by atoms with Crippen molar-refractivity contribution in [2.75, 3.05) is 26.2 Å². The molecule has 0 N–H and O–H groups in total. The lowest BCUT2D eigenvalue weighted by atomic mass is 9.77. The van der Waals surface area contributed by atoms with Gasteiger partial charge in [0.15, 0.2) is 11.5 Å². The Bertz CT molecular complexity index is 943. The van der Waals surface area contributed by atoms with E-state index in [9.17, 15) is 0 Å². The second kappa shape index (κ2) is 7.70. The van der Waals surface area contributed by atoms with Crippen LogP contribution in [-0.2, 0) is 13.1 Å².